The van der Waals surface area contributed by atoms with Crippen LogP contribution in [0.4, 0.5) is 0 Å². The summed E-state index contributed by atoms with van der Waals surface area (Å²) in [4.78, 5) is 0. The van der Waals surface area contributed by atoms with E-state index in [4.69, 9.17) is 4.55 Å². The zero-order valence-corrected chi connectivity index (χ0v) is 15.3. The minimum absolute atomic E-state index is 0.715. The highest BCUT2D eigenvalue weighted by molar-refractivity contribution is 7.85. The summed E-state index contributed by atoms with van der Waals surface area (Å²) in [6.07, 6.45) is 0.715. The van der Waals surface area contributed by atoms with Crippen molar-refractivity contribution < 1.29 is 13.0 Å². The molecule has 3 aromatic carbocycles. The van der Waals surface area contributed by atoms with Crippen LogP contribution in [0.3, 0.4) is 0 Å². The molecule has 0 heterocycles. The van der Waals surface area contributed by atoms with Gasteiger partial charge in [-0.1, -0.05) is 76.2 Å². The zero-order chi connectivity index (χ0) is 17.9. The van der Waals surface area contributed by atoms with Crippen LogP contribution in [-0.2, 0) is 10.1 Å². The van der Waals surface area contributed by atoms with E-state index in [1.807, 2.05) is 27.7 Å². The minimum atomic E-state index is -3.67. The van der Waals surface area contributed by atoms with E-state index in [1.165, 1.54) is 21.5 Å². The quantitative estimate of drug-likeness (QED) is 0.433. The van der Waals surface area contributed by atoms with Crippen molar-refractivity contribution in [3.63, 3.8) is 0 Å². The fraction of sp³-hybridized carbons (Fsp3) is 0.263. The number of rotatable bonds is 0. The highest BCUT2D eigenvalue weighted by Gasteiger charge is 1.95. The molecule has 0 saturated heterocycles. The van der Waals surface area contributed by atoms with Crippen LogP contribution < -0.4 is 0 Å². The van der Waals surface area contributed by atoms with Crippen LogP contribution in [-0.4, -0.2) is 19.2 Å². The Bertz CT molecular complexity index is 696. The summed E-state index contributed by atoms with van der Waals surface area (Å²) in [6, 6.07) is 21.4. The second-order valence-corrected chi connectivity index (χ2v) is 5.75. The number of benzene rings is 3. The van der Waals surface area contributed by atoms with E-state index in [-0.39, 0.29) is 0 Å². The molecule has 3 aromatic rings. The predicted molar refractivity (Wildman–Crippen MR) is 102 cm³/mol. The van der Waals surface area contributed by atoms with E-state index in [2.05, 4.69) is 60.7 Å². The average molecular weight is 334 g/mol. The summed E-state index contributed by atoms with van der Waals surface area (Å²) in [6.45, 7) is 8.00. The smallest absolute Gasteiger partial charge is 0.261 e. The van der Waals surface area contributed by atoms with E-state index in [0.29, 0.717) is 6.26 Å². The van der Waals surface area contributed by atoms with Gasteiger partial charge in [0.25, 0.3) is 10.1 Å². The molecular formula is C19H26O3S. The van der Waals surface area contributed by atoms with E-state index < -0.39 is 10.1 Å². The Morgan fingerprint density at radius 1 is 0.652 bits per heavy atom. The molecule has 0 aliphatic heterocycles. The maximum absolute atomic E-state index is 9.19. The van der Waals surface area contributed by atoms with Crippen LogP contribution in [0.5, 0.6) is 0 Å². The van der Waals surface area contributed by atoms with Gasteiger partial charge in [0.05, 0.1) is 6.26 Å². The average Bonchev–Trinajstić information content (AvgIpc) is 2.55. The van der Waals surface area contributed by atoms with Crippen molar-refractivity contribution in [3.05, 3.63) is 60.7 Å². The number of fused-ring (bicyclic) bond motifs is 2. The third kappa shape index (κ3) is 8.33. The molecule has 0 unspecified atom stereocenters. The first-order valence-corrected chi connectivity index (χ1v) is 9.58. The van der Waals surface area contributed by atoms with Crippen molar-refractivity contribution in [2.75, 3.05) is 6.26 Å². The van der Waals surface area contributed by atoms with Gasteiger partial charge in [0, 0.05) is 0 Å². The van der Waals surface area contributed by atoms with Crippen LogP contribution in [0.2, 0.25) is 0 Å². The molecule has 4 heteroatoms. The molecule has 0 bridgehead atoms. The van der Waals surface area contributed by atoms with Gasteiger partial charge in [0.15, 0.2) is 0 Å². The van der Waals surface area contributed by atoms with Crippen LogP contribution in [0.25, 0.3) is 21.5 Å². The Labute approximate surface area is 139 Å². The van der Waals surface area contributed by atoms with Crippen LogP contribution in [0, 0.1) is 0 Å². The number of hydrogen-bond donors (Lipinski definition) is 1. The Morgan fingerprint density at radius 3 is 1.00 bits per heavy atom. The first kappa shape index (κ1) is 21.1. The SMILES string of the molecule is CC.CC.CS(=O)(=O)O.c1ccc2cc3ccccc3cc2c1. The largest absolute Gasteiger partial charge is 0.286 e. The Balaban J connectivity index is 0.000000461. The molecular weight excluding hydrogens is 308 g/mol. The molecule has 0 aliphatic rings. The van der Waals surface area contributed by atoms with E-state index in [1.54, 1.807) is 0 Å². The second kappa shape index (κ2) is 10.8. The van der Waals surface area contributed by atoms with Crippen molar-refractivity contribution >= 4 is 31.7 Å². The van der Waals surface area contributed by atoms with Crippen molar-refractivity contribution in [1.29, 1.82) is 0 Å². The van der Waals surface area contributed by atoms with E-state index in [0.717, 1.165) is 0 Å². The standard InChI is InChI=1S/C14H10.2C2H6.CH4O3S/c1-2-6-12-10-14-8-4-3-7-13(14)9-11(12)5-1;2*1-2;1-5(2,3)4/h1-10H;2*1-2H3;1H3,(H,2,3,4). The second-order valence-electron chi connectivity index (χ2n) is 4.28. The van der Waals surface area contributed by atoms with Crippen molar-refractivity contribution in [1.82, 2.24) is 0 Å². The van der Waals surface area contributed by atoms with Crippen LogP contribution in [0.15, 0.2) is 60.7 Å². The maximum Gasteiger partial charge on any atom is 0.261 e. The lowest BCUT2D eigenvalue weighted by atomic mass is 10.0. The maximum atomic E-state index is 9.19. The normalized spacial score (nSPS) is 9.65. The molecule has 0 atom stereocenters. The summed E-state index contributed by atoms with van der Waals surface area (Å²) >= 11 is 0. The van der Waals surface area contributed by atoms with Gasteiger partial charge in [0.2, 0.25) is 0 Å². The molecule has 0 saturated carbocycles. The third-order valence-electron chi connectivity index (χ3n) is 2.61. The lowest BCUT2D eigenvalue weighted by Crippen LogP contribution is -1.88. The van der Waals surface area contributed by atoms with E-state index >= 15 is 0 Å². The topological polar surface area (TPSA) is 54.4 Å². The van der Waals surface area contributed by atoms with Gasteiger partial charge in [-0.05, 0) is 33.7 Å². The van der Waals surface area contributed by atoms with Gasteiger partial charge >= 0.3 is 0 Å². The Hall–Kier alpha value is -1.91. The Kier molecular flexibility index (Phi) is 9.86. The first-order valence-electron chi connectivity index (χ1n) is 7.73. The first-order chi connectivity index (χ1) is 10.9. The van der Waals surface area contributed by atoms with Gasteiger partial charge in [0.1, 0.15) is 0 Å². The highest BCUT2D eigenvalue weighted by Crippen LogP contribution is 2.21. The van der Waals surface area contributed by atoms with Gasteiger partial charge in [-0.25, -0.2) is 0 Å². The zero-order valence-electron chi connectivity index (χ0n) is 14.4. The molecule has 0 spiro atoms. The monoisotopic (exact) mass is 334 g/mol. The van der Waals surface area contributed by atoms with E-state index in [9.17, 15) is 8.42 Å². The summed E-state index contributed by atoms with van der Waals surface area (Å²) in [5.74, 6) is 0. The molecule has 0 aliphatic carbocycles. The molecule has 3 rings (SSSR count). The van der Waals surface area contributed by atoms with Crippen molar-refractivity contribution in [3.8, 4) is 0 Å². The van der Waals surface area contributed by atoms with Gasteiger partial charge in [-0.3, -0.25) is 4.55 Å². The van der Waals surface area contributed by atoms with Crippen LogP contribution >= 0.6 is 0 Å². The molecule has 126 valence electrons. The summed E-state index contributed by atoms with van der Waals surface area (Å²) in [5.41, 5.74) is 0. The molecule has 0 radical (unpaired) electrons. The van der Waals surface area contributed by atoms with Gasteiger partial charge in [-0.15, -0.1) is 0 Å². The highest BCUT2D eigenvalue weighted by atomic mass is 32.2. The predicted octanol–water partition coefficient (Wildman–Crippen LogP) is 5.55. The molecule has 0 fully saturated rings. The van der Waals surface area contributed by atoms with Crippen molar-refractivity contribution in [2.24, 2.45) is 0 Å². The van der Waals surface area contributed by atoms with Crippen molar-refractivity contribution in [2.45, 2.75) is 27.7 Å². The van der Waals surface area contributed by atoms with Gasteiger partial charge in [-0.2, -0.15) is 8.42 Å². The summed E-state index contributed by atoms with van der Waals surface area (Å²) in [5, 5.41) is 5.25. The fourth-order valence-corrected chi connectivity index (χ4v) is 1.88. The Morgan fingerprint density at radius 2 is 0.826 bits per heavy atom. The van der Waals surface area contributed by atoms with Crippen LogP contribution in [0.1, 0.15) is 27.7 Å². The molecule has 23 heavy (non-hydrogen) atoms. The lowest BCUT2D eigenvalue weighted by Gasteiger charge is -2.00. The third-order valence-corrected chi connectivity index (χ3v) is 2.61. The lowest BCUT2D eigenvalue weighted by molar-refractivity contribution is 0.490. The molecule has 3 nitrogen and oxygen atoms in total. The fourth-order valence-electron chi connectivity index (χ4n) is 1.88. The number of hydrogen-bond acceptors (Lipinski definition) is 2. The van der Waals surface area contributed by atoms with Gasteiger partial charge < -0.3 is 0 Å². The molecule has 0 amide bonds. The minimum Gasteiger partial charge on any atom is -0.286 e. The molecule has 0 aromatic heterocycles. The molecule has 1 N–H and O–H groups in total. The summed E-state index contributed by atoms with van der Waals surface area (Å²) < 4.78 is 25.9. The summed E-state index contributed by atoms with van der Waals surface area (Å²) in [7, 11) is -3.67.